The molecule has 0 aliphatic carbocycles. The predicted octanol–water partition coefficient (Wildman–Crippen LogP) is 3.56. The van der Waals surface area contributed by atoms with E-state index in [9.17, 15) is 4.79 Å². The molecule has 23 heavy (non-hydrogen) atoms. The molecule has 0 bridgehead atoms. The number of rotatable bonds is 5. The minimum absolute atomic E-state index is 0.00199. The number of amides is 1. The van der Waals surface area contributed by atoms with Gasteiger partial charge in [0.1, 0.15) is 0 Å². The van der Waals surface area contributed by atoms with Gasteiger partial charge in [0.05, 0.1) is 6.10 Å². The Morgan fingerprint density at radius 2 is 1.96 bits per heavy atom. The van der Waals surface area contributed by atoms with Crippen molar-refractivity contribution in [1.29, 1.82) is 0 Å². The number of carbonyl (C=O) groups excluding carboxylic acids is 1. The van der Waals surface area contributed by atoms with Gasteiger partial charge in [0.2, 0.25) is 0 Å². The third kappa shape index (κ3) is 4.30. The first-order valence-corrected chi connectivity index (χ1v) is 8.15. The molecule has 1 saturated heterocycles. The fourth-order valence-corrected chi connectivity index (χ4v) is 2.87. The molecule has 3 rings (SSSR count). The summed E-state index contributed by atoms with van der Waals surface area (Å²) in [6, 6.07) is 11.1. The van der Waals surface area contributed by atoms with Gasteiger partial charge in [-0.2, -0.15) is 0 Å². The number of pyridine rings is 1. The highest BCUT2D eigenvalue weighted by Crippen LogP contribution is 2.18. The van der Waals surface area contributed by atoms with E-state index in [1.54, 1.807) is 24.5 Å². The highest BCUT2D eigenvalue weighted by Gasteiger charge is 2.23. The van der Waals surface area contributed by atoms with Gasteiger partial charge < -0.3 is 9.64 Å². The van der Waals surface area contributed by atoms with Crippen molar-refractivity contribution >= 4 is 17.5 Å². The van der Waals surface area contributed by atoms with Gasteiger partial charge in [-0.05, 0) is 42.7 Å². The molecule has 0 N–H and O–H groups in total. The van der Waals surface area contributed by atoms with Gasteiger partial charge in [0.25, 0.3) is 5.91 Å². The van der Waals surface area contributed by atoms with Crippen molar-refractivity contribution < 1.29 is 9.53 Å². The molecule has 0 saturated carbocycles. The number of benzene rings is 1. The third-order valence-corrected chi connectivity index (χ3v) is 4.20. The fourth-order valence-electron chi connectivity index (χ4n) is 2.74. The van der Waals surface area contributed by atoms with Crippen LogP contribution in [-0.4, -0.2) is 35.0 Å². The van der Waals surface area contributed by atoms with Gasteiger partial charge in [0, 0.05) is 42.7 Å². The number of aromatic nitrogens is 1. The zero-order valence-corrected chi connectivity index (χ0v) is 13.6. The molecule has 0 unspecified atom stereocenters. The van der Waals surface area contributed by atoms with Crippen molar-refractivity contribution in [1.82, 2.24) is 9.88 Å². The zero-order valence-electron chi connectivity index (χ0n) is 12.8. The van der Waals surface area contributed by atoms with Crippen molar-refractivity contribution in [2.75, 3.05) is 13.2 Å². The summed E-state index contributed by atoms with van der Waals surface area (Å²) in [7, 11) is 0. The van der Waals surface area contributed by atoms with Gasteiger partial charge in [-0.25, -0.2) is 0 Å². The molecule has 1 aliphatic heterocycles. The SMILES string of the molecule is O=C(c1ccncc1)N(Cc1ccc(Cl)cc1)C[C@H]1CCCO1. The Morgan fingerprint density at radius 1 is 1.22 bits per heavy atom. The molecular weight excluding hydrogens is 312 g/mol. The van der Waals surface area contributed by atoms with E-state index in [1.165, 1.54) is 0 Å². The Hall–Kier alpha value is -1.91. The summed E-state index contributed by atoms with van der Waals surface area (Å²) in [5.74, 6) is -0.00199. The Kier molecular flexibility index (Phi) is 5.26. The van der Waals surface area contributed by atoms with E-state index in [2.05, 4.69) is 4.98 Å². The van der Waals surface area contributed by atoms with Crippen molar-refractivity contribution in [3.63, 3.8) is 0 Å². The summed E-state index contributed by atoms with van der Waals surface area (Å²) in [4.78, 5) is 18.6. The van der Waals surface area contributed by atoms with Crippen LogP contribution in [0.15, 0.2) is 48.8 Å². The van der Waals surface area contributed by atoms with E-state index >= 15 is 0 Å². The van der Waals surface area contributed by atoms with Gasteiger partial charge in [-0.1, -0.05) is 23.7 Å². The first kappa shape index (κ1) is 16.0. The molecule has 120 valence electrons. The summed E-state index contributed by atoms with van der Waals surface area (Å²) in [5, 5.41) is 0.694. The molecule has 1 aromatic carbocycles. The van der Waals surface area contributed by atoms with Gasteiger partial charge in [0.15, 0.2) is 0 Å². The molecule has 1 aliphatic rings. The number of hydrogen-bond acceptors (Lipinski definition) is 3. The maximum atomic E-state index is 12.8. The number of nitrogens with zero attached hydrogens (tertiary/aromatic N) is 2. The van der Waals surface area contributed by atoms with Crippen LogP contribution in [0.3, 0.4) is 0 Å². The Bertz CT molecular complexity index is 640. The highest BCUT2D eigenvalue weighted by atomic mass is 35.5. The van der Waals surface area contributed by atoms with Gasteiger partial charge >= 0.3 is 0 Å². The number of halogens is 1. The second-order valence-electron chi connectivity index (χ2n) is 5.68. The van der Waals surface area contributed by atoms with E-state index in [1.807, 2.05) is 29.2 Å². The van der Waals surface area contributed by atoms with Crippen LogP contribution in [0.1, 0.15) is 28.8 Å². The van der Waals surface area contributed by atoms with E-state index < -0.39 is 0 Å². The summed E-state index contributed by atoms with van der Waals surface area (Å²) in [5.41, 5.74) is 1.70. The minimum atomic E-state index is -0.00199. The molecule has 1 atom stereocenters. The fraction of sp³-hybridized carbons (Fsp3) is 0.333. The summed E-state index contributed by atoms with van der Waals surface area (Å²) in [6.45, 7) is 1.92. The lowest BCUT2D eigenvalue weighted by Crippen LogP contribution is -2.37. The largest absolute Gasteiger partial charge is 0.376 e. The molecular formula is C18H19ClN2O2. The second kappa shape index (κ2) is 7.57. The van der Waals surface area contributed by atoms with Gasteiger partial charge in [-0.3, -0.25) is 9.78 Å². The lowest BCUT2D eigenvalue weighted by molar-refractivity contribution is 0.0507. The normalized spacial score (nSPS) is 17.2. The van der Waals surface area contributed by atoms with Crippen LogP contribution >= 0.6 is 11.6 Å². The summed E-state index contributed by atoms with van der Waals surface area (Å²) < 4.78 is 5.70. The lowest BCUT2D eigenvalue weighted by atomic mass is 10.1. The summed E-state index contributed by atoms with van der Waals surface area (Å²) >= 11 is 5.94. The topological polar surface area (TPSA) is 42.4 Å². The van der Waals surface area contributed by atoms with Crippen molar-refractivity contribution in [3.8, 4) is 0 Å². The first-order chi connectivity index (χ1) is 11.2. The minimum Gasteiger partial charge on any atom is -0.376 e. The molecule has 5 heteroatoms. The lowest BCUT2D eigenvalue weighted by Gasteiger charge is -2.25. The summed E-state index contributed by atoms with van der Waals surface area (Å²) in [6.07, 6.45) is 5.46. The smallest absolute Gasteiger partial charge is 0.254 e. The van der Waals surface area contributed by atoms with Crippen molar-refractivity contribution in [3.05, 3.63) is 64.9 Å². The molecule has 1 aromatic heterocycles. The van der Waals surface area contributed by atoms with Gasteiger partial charge in [-0.15, -0.1) is 0 Å². The maximum Gasteiger partial charge on any atom is 0.254 e. The number of carbonyl (C=O) groups is 1. The van der Waals surface area contributed by atoms with Crippen LogP contribution in [0, 0.1) is 0 Å². The van der Waals surface area contributed by atoms with Crippen LogP contribution in [0.4, 0.5) is 0 Å². The molecule has 2 aromatic rings. The average Bonchev–Trinajstić information content (AvgIpc) is 3.09. The molecule has 0 radical (unpaired) electrons. The van der Waals surface area contributed by atoms with Crippen LogP contribution in [-0.2, 0) is 11.3 Å². The standard InChI is InChI=1S/C18H19ClN2O2/c19-16-5-3-14(4-6-16)12-21(13-17-2-1-11-23-17)18(22)15-7-9-20-10-8-15/h3-10,17H,1-2,11-13H2/t17-/m1/s1. The van der Waals surface area contributed by atoms with Crippen molar-refractivity contribution in [2.24, 2.45) is 0 Å². The monoisotopic (exact) mass is 330 g/mol. The molecule has 4 nitrogen and oxygen atoms in total. The Balaban J connectivity index is 1.77. The van der Waals surface area contributed by atoms with Crippen LogP contribution in [0.2, 0.25) is 5.02 Å². The number of ether oxygens (including phenoxy) is 1. The first-order valence-electron chi connectivity index (χ1n) is 7.78. The van der Waals surface area contributed by atoms with Crippen LogP contribution < -0.4 is 0 Å². The maximum absolute atomic E-state index is 12.8. The Labute approximate surface area is 141 Å². The molecule has 2 heterocycles. The van der Waals surface area contributed by atoms with Crippen LogP contribution in [0.5, 0.6) is 0 Å². The highest BCUT2D eigenvalue weighted by molar-refractivity contribution is 6.30. The second-order valence-corrected chi connectivity index (χ2v) is 6.12. The third-order valence-electron chi connectivity index (χ3n) is 3.95. The van der Waals surface area contributed by atoms with Crippen LogP contribution in [0.25, 0.3) is 0 Å². The molecule has 1 fully saturated rings. The molecule has 0 spiro atoms. The number of hydrogen-bond donors (Lipinski definition) is 0. The van der Waals surface area contributed by atoms with Crippen molar-refractivity contribution in [2.45, 2.75) is 25.5 Å². The van der Waals surface area contributed by atoms with E-state index in [-0.39, 0.29) is 12.0 Å². The Morgan fingerprint density at radius 3 is 2.61 bits per heavy atom. The quantitative estimate of drug-likeness (QED) is 0.842. The predicted molar refractivity (Wildman–Crippen MR) is 89.4 cm³/mol. The zero-order chi connectivity index (χ0) is 16.1. The average molecular weight is 331 g/mol. The van der Waals surface area contributed by atoms with E-state index in [0.29, 0.717) is 23.7 Å². The molecule has 1 amide bonds. The van der Waals surface area contributed by atoms with E-state index in [4.69, 9.17) is 16.3 Å². The van der Waals surface area contributed by atoms with E-state index in [0.717, 1.165) is 25.0 Å².